The summed E-state index contributed by atoms with van der Waals surface area (Å²) in [5.74, 6) is 0. The van der Waals surface area contributed by atoms with E-state index in [0.29, 0.717) is 0 Å². The van der Waals surface area contributed by atoms with Gasteiger partial charge in [0.05, 0.1) is 0 Å². The number of hydrogen-bond acceptors (Lipinski definition) is 0. The summed E-state index contributed by atoms with van der Waals surface area (Å²) in [4.78, 5) is 0. The first-order valence-corrected chi connectivity index (χ1v) is 5.09. The maximum absolute atomic E-state index is 3.85. The van der Waals surface area contributed by atoms with Crippen LogP contribution in [0.25, 0.3) is 0 Å². The molecule has 0 nitrogen and oxygen atoms in total. The van der Waals surface area contributed by atoms with Gasteiger partial charge in [0, 0.05) is 0 Å². The van der Waals surface area contributed by atoms with Crippen molar-refractivity contribution in [2.45, 2.75) is 39.5 Å². The van der Waals surface area contributed by atoms with E-state index in [0.717, 1.165) is 6.42 Å². The SMILES string of the molecule is [CH2]CCCCc1ccc(C)cc1C. The van der Waals surface area contributed by atoms with Crippen LogP contribution in [0.4, 0.5) is 0 Å². The normalized spacial score (nSPS) is 10.4. The molecule has 0 heteroatoms. The Morgan fingerprint density at radius 1 is 1.15 bits per heavy atom. The zero-order valence-corrected chi connectivity index (χ0v) is 8.77. The summed E-state index contributed by atoms with van der Waals surface area (Å²) >= 11 is 0. The number of aryl methyl sites for hydroxylation is 3. The third kappa shape index (κ3) is 3.22. The molecule has 13 heavy (non-hydrogen) atoms. The molecule has 71 valence electrons. The van der Waals surface area contributed by atoms with E-state index in [1.54, 1.807) is 0 Å². The van der Waals surface area contributed by atoms with Gasteiger partial charge in [-0.25, -0.2) is 0 Å². The Kier molecular flexibility index (Phi) is 4.01. The standard InChI is InChI=1S/C13H19/c1-4-5-6-7-13-9-8-11(2)10-12(13)3/h8-10H,1,4-7H2,2-3H3. The van der Waals surface area contributed by atoms with Crippen LogP contribution in [0.2, 0.25) is 0 Å². The van der Waals surface area contributed by atoms with Crippen molar-refractivity contribution in [2.24, 2.45) is 0 Å². The monoisotopic (exact) mass is 175 g/mol. The topological polar surface area (TPSA) is 0 Å². The molecule has 0 fully saturated rings. The molecule has 0 spiro atoms. The fourth-order valence-corrected chi connectivity index (χ4v) is 1.62. The van der Waals surface area contributed by atoms with Crippen LogP contribution in [0.3, 0.4) is 0 Å². The van der Waals surface area contributed by atoms with Crippen molar-refractivity contribution in [3.8, 4) is 0 Å². The lowest BCUT2D eigenvalue weighted by molar-refractivity contribution is 0.743. The Bertz CT molecular complexity index is 261. The van der Waals surface area contributed by atoms with E-state index in [-0.39, 0.29) is 0 Å². The Hall–Kier alpha value is -0.780. The van der Waals surface area contributed by atoms with Gasteiger partial charge in [0.2, 0.25) is 0 Å². The lowest BCUT2D eigenvalue weighted by Crippen LogP contribution is -1.90. The fraction of sp³-hybridized carbons (Fsp3) is 0.462. The van der Waals surface area contributed by atoms with Gasteiger partial charge in [0.25, 0.3) is 0 Å². The Balaban J connectivity index is 2.56. The van der Waals surface area contributed by atoms with Crippen molar-refractivity contribution < 1.29 is 0 Å². The third-order valence-electron chi connectivity index (χ3n) is 2.44. The third-order valence-corrected chi connectivity index (χ3v) is 2.44. The van der Waals surface area contributed by atoms with E-state index < -0.39 is 0 Å². The summed E-state index contributed by atoms with van der Waals surface area (Å²) in [5.41, 5.74) is 4.29. The van der Waals surface area contributed by atoms with Crippen molar-refractivity contribution in [3.05, 3.63) is 41.8 Å². The van der Waals surface area contributed by atoms with Crippen molar-refractivity contribution in [1.82, 2.24) is 0 Å². The molecule has 0 aliphatic rings. The average Bonchev–Trinajstić information content (AvgIpc) is 2.09. The summed E-state index contributed by atoms with van der Waals surface area (Å²) in [6.07, 6.45) is 4.78. The lowest BCUT2D eigenvalue weighted by atomic mass is 10.0. The summed E-state index contributed by atoms with van der Waals surface area (Å²) in [6.45, 7) is 8.20. The molecule has 0 bridgehead atoms. The first-order valence-electron chi connectivity index (χ1n) is 5.09. The molecule has 0 heterocycles. The Labute approximate surface area is 82.0 Å². The molecule has 0 aliphatic carbocycles. The molecule has 0 aromatic heterocycles. The van der Waals surface area contributed by atoms with Gasteiger partial charge in [-0.05, 0) is 37.8 Å². The van der Waals surface area contributed by atoms with Gasteiger partial charge < -0.3 is 0 Å². The minimum Gasteiger partial charge on any atom is -0.0590 e. The average molecular weight is 175 g/mol. The molecule has 0 amide bonds. The van der Waals surface area contributed by atoms with Crippen LogP contribution in [0.1, 0.15) is 36.0 Å². The maximum atomic E-state index is 3.85. The zero-order chi connectivity index (χ0) is 9.68. The van der Waals surface area contributed by atoms with Crippen molar-refractivity contribution >= 4 is 0 Å². The predicted molar refractivity (Wildman–Crippen MR) is 58.8 cm³/mol. The summed E-state index contributed by atoms with van der Waals surface area (Å²) in [7, 11) is 0. The van der Waals surface area contributed by atoms with Crippen LogP contribution >= 0.6 is 0 Å². The molecule has 1 aromatic rings. The molecule has 1 rings (SSSR count). The second-order valence-electron chi connectivity index (χ2n) is 3.74. The van der Waals surface area contributed by atoms with E-state index >= 15 is 0 Å². The first kappa shape index (κ1) is 10.3. The molecular formula is C13H19. The predicted octanol–water partition coefficient (Wildman–Crippen LogP) is 3.85. The minimum atomic E-state index is 1.06. The Morgan fingerprint density at radius 2 is 1.92 bits per heavy atom. The maximum Gasteiger partial charge on any atom is -0.0276 e. The van der Waals surface area contributed by atoms with Crippen molar-refractivity contribution in [3.63, 3.8) is 0 Å². The number of hydrogen-bond donors (Lipinski definition) is 0. The Morgan fingerprint density at radius 3 is 2.54 bits per heavy atom. The number of rotatable bonds is 4. The van der Waals surface area contributed by atoms with Gasteiger partial charge in [0.15, 0.2) is 0 Å². The smallest absolute Gasteiger partial charge is 0.0276 e. The second-order valence-corrected chi connectivity index (χ2v) is 3.74. The summed E-state index contributed by atoms with van der Waals surface area (Å²) in [6, 6.07) is 6.72. The number of unbranched alkanes of at least 4 members (excludes halogenated alkanes) is 2. The molecule has 1 radical (unpaired) electrons. The molecule has 0 saturated carbocycles. The largest absolute Gasteiger partial charge is 0.0590 e. The highest BCUT2D eigenvalue weighted by Crippen LogP contribution is 2.13. The summed E-state index contributed by atoms with van der Waals surface area (Å²) < 4.78 is 0. The zero-order valence-electron chi connectivity index (χ0n) is 8.77. The van der Waals surface area contributed by atoms with Gasteiger partial charge in [-0.1, -0.05) is 43.5 Å². The van der Waals surface area contributed by atoms with E-state index in [4.69, 9.17) is 0 Å². The highest BCUT2D eigenvalue weighted by Gasteiger charge is 1.97. The van der Waals surface area contributed by atoms with Gasteiger partial charge in [-0.3, -0.25) is 0 Å². The number of benzene rings is 1. The van der Waals surface area contributed by atoms with Crippen LogP contribution in [-0.4, -0.2) is 0 Å². The lowest BCUT2D eigenvalue weighted by Gasteiger charge is -2.05. The van der Waals surface area contributed by atoms with Crippen LogP contribution in [-0.2, 0) is 6.42 Å². The van der Waals surface area contributed by atoms with Crippen LogP contribution in [0.5, 0.6) is 0 Å². The molecule has 0 saturated heterocycles. The molecule has 1 aromatic carbocycles. The molecule has 0 unspecified atom stereocenters. The van der Waals surface area contributed by atoms with Crippen LogP contribution in [0, 0.1) is 20.8 Å². The highest BCUT2D eigenvalue weighted by atomic mass is 14.0. The van der Waals surface area contributed by atoms with E-state index in [2.05, 4.69) is 39.0 Å². The summed E-state index contributed by atoms with van der Waals surface area (Å²) in [5, 5.41) is 0. The first-order chi connectivity index (χ1) is 6.24. The second kappa shape index (κ2) is 5.06. The minimum absolute atomic E-state index is 1.06. The van der Waals surface area contributed by atoms with E-state index in [1.807, 2.05) is 0 Å². The van der Waals surface area contributed by atoms with Crippen LogP contribution in [0.15, 0.2) is 18.2 Å². The van der Waals surface area contributed by atoms with Gasteiger partial charge in [-0.15, -0.1) is 0 Å². The molecular weight excluding hydrogens is 156 g/mol. The molecule has 0 atom stereocenters. The van der Waals surface area contributed by atoms with E-state index in [9.17, 15) is 0 Å². The van der Waals surface area contributed by atoms with Crippen molar-refractivity contribution in [1.29, 1.82) is 0 Å². The quantitative estimate of drug-likeness (QED) is 0.610. The highest BCUT2D eigenvalue weighted by molar-refractivity contribution is 5.30. The van der Waals surface area contributed by atoms with Gasteiger partial charge >= 0.3 is 0 Å². The molecule has 0 N–H and O–H groups in total. The van der Waals surface area contributed by atoms with Crippen LogP contribution < -0.4 is 0 Å². The van der Waals surface area contributed by atoms with Crippen molar-refractivity contribution in [2.75, 3.05) is 0 Å². The van der Waals surface area contributed by atoms with Gasteiger partial charge in [0.1, 0.15) is 0 Å². The molecule has 0 aliphatic heterocycles. The van der Waals surface area contributed by atoms with E-state index in [1.165, 1.54) is 36.0 Å². The van der Waals surface area contributed by atoms with Gasteiger partial charge in [-0.2, -0.15) is 0 Å². The fourth-order valence-electron chi connectivity index (χ4n) is 1.62.